The molecule has 2 unspecified atom stereocenters. The number of fused-ring (bicyclic) bond motifs is 3. The molecule has 31 heavy (non-hydrogen) atoms. The molecular weight excluding hydrogens is 394 g/mol. The number of rotatable bonds is 2. The van der Waals surface area contributed by atoms with Crippen molar-refractivity contribution in [1.82, 2.24) is 0 Å². The molecule has 6 nitrogen and oxygen atoms in total. The molecule has 3 saturated carbocycles. The molecule has 0 radical (unpaired) electrons. The quantitative estimate of drug-likeness (QED) is 0.671. The second-order valence-corrected chi connectivity index (χ2v) is 11.5. The number of benzene rings is 1. The van der Waals surface area contributed by atoms with Gasteiger partial charge in [0.15, 0.2) is 0 Å². The van der Waals surface area contributed by atoms with Gasteiger partial charge < -0.3 is 25.4 Å². The molecule has 1 aromatic rings. The van der Waals surface area contributed by atoms with Gasteiger partial charge in [0, 0.05) is 17.4 Å². The van der Waals surface area contributed by atoms with E-state index in [0.29, 0.717) is 36.8 Å². The van der Waals surface area contributed by atoms with Gasteiger partial charge in [-0.05, 0) is 94.7 Å². The first-order chi connectivity index (χ1) is 14.6. The molecule has 4 N–H and O–H groups in total. The molecule has 3 aliphatic carbocycles. The van der Waals surface area contributed by atoms with E-state index < -0.39 is 11.2 Å². The molecule has 7 rings (SSSR count). The molecule has 3 heterocycles. The summed E-state index contributed by atoms with van der Waals surface area (Å²) >= 11 is 0. The Morgan fingerprint density at radius 2 is 1.81 bits per heavy atom. The van der Waals surface area contributed by atoms with Crippen LogP contribution in [-0.4, -0.2) is 33.4 Å². The van der Waals surface area contributed by atoms with Crippen LogP contribution in [-0.2, 0) is 15.1 Å². The van der Waals surface area contributed by atoms with Crippen molar-refractivity contribution in [3.63, 3.8) is 0 Å². The minimum Gasteiger partial charge on any atom is -0.508 e. The number of hydrogen-bond donors (Lipinski definition) is 3. The third-order valence-electron chi connectivity index (χ3n) is 9.09. The summed E-state index contributed by atoms with van der Waals surface area (Å²) in [6, 6.07) is 3.87. The Labute approximate surface area is 183 Å². The molecule has 2 saturated heterocycles. The molecular formula is C25H33NO5. The number of aromatic hydroxyl groups is 1. The van der Waals surface area contributed by atoms with E-state index in [1.807, 2.05) is 12.1 Å². The van der Waals surface area contributed by atoms with Gasteiger partial charge in [0.05, 0.1) is 11.7 Å². The van der Waals surface area contributed by atoms with Gasteiger partial charge in [-0.2, -0.15) is 0 Å². The van der Waals surface area contributed by atoms with Crippen molar-refractivity contribution < 1.29 is 24.5 Å². The van der Waals surface area contributed by atoms with Crippen molar-refractivity contribution in [3.8, 4) is 11.5 Å². The Morgan fingerprint density at radius 1 is 1.10 bits per heavy atom. The monoisotopic (exact) mass is 427 g/mol. The Balaban J connectivity index is 1.45. The van der Waals surface area contributed by atoms with Crippen LogP contribution < -0.4 is 10.5 Å². The van der Waals surface area contributed by atoms with E-state index in [2.05, 4.69) is 13.8 Å². The van der Waals surface area contributed by atoms with Crippen molar-refractivity contribution in [3.05, 3.63) is 23.3 Å². The molecule has 4 bridgehead atoms. The first-order valence-corrected chi connectivity index (χ1v) is 11.9. The highest BCUT2D eigenvalue weighted by molar-refractivity contribution is 5.84. The zero-order valence-corrected chi connectivity index (χ0v) is 18.4. The lowest BCUT2D eigenvalue weighted by molar-refractivity contribution is -0.269. The topological polar surface area (TPSA) is 102 Å². The van der Waals surface area contributed by atoms with Crippen LogP contribution in [0, 0.1) is 17.8 Å². The van der Waals surface area contributed by atoms with Crippen molar-refractivity contribution >= 4 is 5.91 Å². The molecule has 0 aromatic heterocycles. The van der Waals surface area contributed by atoms with Crippen LogP contribution in [0.4, 0.5) is 0 Å². The normalized spacial score (nSPS) is 44.3. The van der Waals surface area contributed by atoms with E-state index in [9.17, 15) is 15.0 Å². The molecule has 1 aromatic carbocycles. The number of amides is 1. The van der Waals surface area contributed by atoms with Crippen LogP contribution in [0.5, 0.6) is 11.5 Å². The highest BCUT2D eigenvalue weighted by atomic mass is 16.5. The third-order valence-corrected chi connectivity index (χ3v) is 9.09. The summed E-state index contributed by atoms with van der Waals surface area (Å²) in [5.41, 5.74) is 5.70. The summed E-state index contributed by atoms with van der Waals surface area (Å²) in [6.45, 7) is 4.22. The second-order valence-electron chi connectivity index (χ2n) is 11.5. The van der Waals surface area contributed by atoms with Gasteiger partial charge in [0.1, 0.15) is 22.7 Å². The van der Waals surface area contributed by atoms with Gasteiger partial charge in [0.2, 0.25) is 5.91 Å². The summed E-state index contributed by atoms with van der Waals surface area (Å²) in [4.78, 5) is 12.4. The van der Waals surface area contributed by atoms with Crippen LogP contribution in [0.3, 0.4) is 0 Å². The average Bonchev–Trinajstić information content (AvgIpc) is 2.65. The summed E-state index contributed by atoms with van der Waals surface area (Å²) < 4.78 is 13.1. The fourth-order valence-corrected chi connectivity index (χ4v) is 8.06. The molecule has 5 atom stereocenters. The largest absolute Gasteiger partial charge is 0.508 e. The van der Waals surface area contributed by atoms with Crippen LogP contribution in [0.2, 0.25) is 0 Å². The van der Waals surface area contributed by atoms with E-state index in [1.165, 1.54) is 0 Å². The summed E-state index contributed by atoms with van der Waals surface area (Å²) in [5.74, 6) is 1.73. The summed E-state index contributed by atoms with van der Waals surface area (Å²) in [6.07, 6.45) is 6.22. The maximum atomic E-state index is 12.4. The number of carbonyl (C=O) groups is 1. The minimum absolute atomic E-state index is 0.0748. The van der Waals surface area contributed by atoms with Gasteiger partial charge in [-0.1, -0.05) is 0 Å². The van der Waals surface area contributed by atoms with Crippen molar-refractivity contribution in [2.75, 3.05) is 0 Å². The lowest BCUT2D eigenvalue weighted by atomic mass is 9.56. The molecule has 3 aliphatic heterocycles. The fourth-order valence-electron chi connectivity index (χ4n) is 8.06. The number of phenols is 1. The fraction of sp³-hybridized carbons (Fsp3) is 0.720. The number of phenolic OH excluding ortho intramolecular Hbond substituents is 1. The zero-order chi connectivity index (χ0) is 21.8. The predicted molar refractivity (Wildman–Crippen MR) is 114 cm³/mol. The lowest BCUT2D eigenvalue weighted by Gasteiger charge is -2.61. The van der Waals surface area contributed by atoms with Crippen LogP contribution in [0.1, 0.15) is 82.3 Å². The molecule has 6 aliphatic rings. The Kier molecular flexibility index (Phi) is 3.95. The van der Waals surface area contributed by atoms with Crippen molar-refractivity contribution in [1.29, 1.82) is 0 Å². The van der Waals surface area contributed by atoms with E-state index in [-0.39, 0.29) is 35.2 Å². The Morgan fingerprint density at radius 3 is 2.48 bits per heavy atom. The number of ether oxygens (including phenoxy) is 2. The van der Waals surface area contributed by atoms with Gasteiger partial charge in [-0.15, -0.1) is 0 Å². The first-order valence-electron chi connectivity index (χ1n) is 11.9. The number of aliphatic hydroxyl groups is 1. The van der Waals surface area contributed by atoms with E-state index in [1.54, 1.807) is 0 Å². The average molecular weight is 428 g/mol. The number of aliphatic hydroxyl groups excluding tert-OH is 1. The summed E-state index contributed by atoms with van der Waals surface area (Å²) in [5, 5.41) is 21.5. The number of primary amides is 1. The van der Waals surface area contributed by atoms with Gasteiger partial charge in [-0.25, -0.2) is 0 Å². The molecule has 168 valence electrons. The first kappa shape index (κ1) is 19.9. The highest BCUT2D eigenvalue weighted by Crippen LogP contribution is 2.63. The number of nitrogens with two attached hydrogens (primary N) is 1. The molecule has 6 heteroatoms. The van der Waals surface area contributed by atoms with Crippen LogP contribution in [0.25, 0.3) is 0 Å². The van der Waals surface area contributed by atoms with Gasteiger partial charge in [-0.3, -0.25) is 4.79 Å². The van der Waals surface area contributed by atoms with Crippen molar-refractivity contribution in [2.24, 2.45) is 23.5 Å². The lowest BCUT2D eigenvalue weighted by Crippen LogP contribution is -2.64. The molecule has 1 amide bonds. The Hall–Kier alpha value is -1.79. The maximum Gasteiger partial charge on any atom is 0.249 e. The van der Waals surface area contributed by atoms with Gasteiger partial charge >= 0.3 is 0 Å². The third kappa shape index (κ3) is 2.73. The second kappa shape index (κ2) is 6.16. The number of hydrogen-bond acceptors (Lipinski definition) is 5. The Bertz CT molecular complexity index is 941. The number of carbonyl (C=O) groups excluding carboxylic acids is 1. The zero-order valence-electron chi connectivity index (χ0n) is 18.4. The van der Waals surface area contributed by atoms with Crippen LogP contribution >= 0.6 is 0 Å². The van der Waals surface area contributed by atoms with Crippen LogP contribution in [0.15, 0.2) is 12.1 Å². The minimum atomic E-state index is -0.881. The maximum absolute atomic E-state index is 12.4. The van der Waals surface area contributed by atoms with E-state index >= 15 is 0 Å². The summed E-state index contributed by atoms with van der Waals surface area (Å²) in [7, 11) is 0. The standard InChI is InChI=1S/C25H33NO5/c1-23(2)18-4-3-16(27)8-17(18)21-19(28)6-15(7-20(21)30-23)24-9-13-5-14(10-24)12-25(11-13,31-24)22(26)29/h6-7,13-14,16-18,27-28H,3-5,8-12H2,1-2H3,(H2,26,29)/t13?,14?,16-,17-,18-,24?,25?/m1/s1. The highest BCUT2D eigenvalue weighted by Gasteiger charge is 2.62. The predicted octanol–water partition coefficient (Wildman–Crippen LogP) is 3.47. The van der Waals surface area contributed by atoms with E-state index in [4.69, 9.17) is 15.2 Å². The van der Waals surface area contributed by atoms with Crippen molar-refractivity contribution in [2.45, 2.75) is 94.0 Å². The smallest absolute Gasteiger partial charge is 0.249 e. The SMILES string of the molecule is CC1(C)Oc2cc(C34CC5CC(CC(C(N)=O)(C5)O3)C4)cc(O)c2[C@@H]2C[C@H](O)CC[C@H]21. The van der Waals surface area contributed by atoms with E-state index in [0.717, 1.165) is 43.2 Å². The molecule has 5 fully saturated rings. The molecule has 0 spiro atoms. The van der Waals surface area contributed by atoms with Gasteiger partial charge in [0.25, 0.3) is 0 Å².